The Balaban J connectivity index is 2.20. The fraction of sp³-hybridized carbons (Fsp3) is 0.529. The van der Waals surface area contributed by atoms with Crippen molar-refractivity contribution in [2.45, 2.75) is 26.2 Å². The number of benzene rings is 1. The van der Waals surface area contributed by atoms with E-state index in [-0.39, 0.29) is 24.5 Å². The molecule has 1 amide bonds. The van der Waals surface area contributed by atoms with Gasteiger partial charge in [-0.1, -0.05) is 32.9 Å². The number of carbonyl (C=O) groups excluding carboxylic acids is 1. The number of aliphatic carboxylic acids is 1. The molecular formula is C17H25NO5. The molecule has 0 aliphatic rings. The highest BCUT2D eigenvalue weighted by molar-refractivity contribution is 5.94. The molecule has 1 rings (SSSR count). The number of ether oxygens (including phenoxy) is 2. The minimum Gasteiger partial charge on any atom is -0.480 e. The minimum absolute atomic E-state index is 0.0611. The lowest BCUT2D eigenvalue weighted by Crippen LogP contribution is -2.27. The van der Waals surface area contributed by atoms with Crippen molar-refractivity contribution in [3.05, 3.63) is 35.4 Å². The Bertz CT molecular complexity index is 505. The minimum atomic E-state index is -1.00. The summed E-state index contributed by atoms with van der Waals surface area (Å²) >= 11 is 0. The smallest absolute Gasteiger partial charge is 0.329 e. The first-order valence-electron chi connectivity index (χ1n) is 7.57. The Morgan fingerprint density at radius 1 is 1.04 bits per heavy atom. The quantitative estimate of drug-likeness (QED) is 0.677. The van der Waals surface area contributed by atoms with E-state index >= 15 is 0 Å². The molecule has 2 N–H and O–H groups in total. The van der Waals surface area contributed by atoms with Crippen LogP contribution in [-0.2, 0) is 19.7 Å². The van der Waals surface area contributed by atoms with E-state index in [0.717, 1.165) is 0 Å². The molecule has 0 atom stereocenters. The highest BCUT2D eigenvalue weighted by Gasteiger charge is 2.14. The fourth-order valence-corrected chi connectivity index (χ4v) is 1.84. The zero-order valence-electron chi connectivity index (χ0n) is 13.9. The maximum absolute atomic E-state index is 12.0. The molecule has 0 bridgehead atoms. The maximum Gasteiger partial charge on any atom is 0.329 e. The van der Waals surface area contributed by atoms with Gasteiger partial charge in [0.1, 0.15) is 6.61 Å². The first-order chi connectivity index (χ1) is 10.8. The Morgan fingerprint density at radius 3 is 2.22 bits per heavy atom. The van der Waals surface area contributed by atoms with E-state index in [9.17, 15) is 9.59 Å². The lowest BCUT2D eigenvalue weighted by Gasteiger charge is -2.19. The van der Waals surface area contributed by atoms with Crippen LogP contribution in [0.2, 0.25) is 0 Å². The van der Waals surface area contributed by atoms with Crippen molar-refractivity contribution in [3.8, 4) is 0 Å². The number of hydrogen-bond acceptors (Lipinski definition) is 4. The van der Waals surface area contributed by atoms with Gasteiger partial charge in [0.15, 0.2) is 0 Å². The predicted molar refractivity (Wildman–Crippen MR) is 86.7 cm³/mol. The van der Waals surface area contributed by atoms with Crippen molar-refractivity contribution in [2.24, 2.45) is 0 Å². The Morgan fingerprint density at radius 2 is 1.65 bits per heavy atom. The average molecular weight is 323 g/mol. The van der Waals surface area contributed by atoms with Crippen molar-refractivity contribution in [3.63, 3.8) is 0 Å². The second-order valence-electron chi connectivity index (χ2n) is 6.14. The summed E-state index contributed by atoms with van der Waals surface area (Å²) in [6, 6.07) is 7.56. The second kappa shape index (κ2) is 9.27. The third-order valence-corrected chi connectivity index (χ3v) is 3.14. The highest BCUT2D eigenvalue weighted by atomic mass is 16.5. The number of hydrogen-bond donors (Lipinski definition) is 2. The van der Waals surface area contributed by atoms with E-state index in [2.05, 4.69) is 26.1 Å². The van der Waals surface area contributed by atoms with Crippen molar-refractivity contribution in [2.75, 3.05) is 33.0 Å². The van der Waals surface area contributed by atoms with Gasteiger partial charge in [-0.2, -0.15) is 0 Å². The molecule has 0 saturated carbocycles. The zero-order valence-corrected chi connectivity index (χ0v) is 13.9. The van der Waals surface area contributed by atoms with Crippen LogP contribution >= 0.6 is 0 Å². The third-order valence-electron chi connectivity index (χ3n) is 3.14. The van der Waals surface area contributed by atoms with E-state index in [4.69, 9.17) is 14.6 Å². The Kier molecular flexibility index (Phi) is 7.71. The zero-order chi connectivity index (χ0) is 17.3. The Labute approximate surface area is 136 Å². The summed E-state index contributed by atoms with van der Waals surface area (Å²) in [4.78, 5) is 22.2. The summed E-state index contributed by atoms with van der Waals surface area (Å²) in [5, 5.41) is 11.1. The summed E-state index contributed by atoms with van der Waals surface area (Å²) in [7, 11) is 0. The van der Waals surface area contributed by atoms with E-state index in [0.29, 0.717) is 25.3 Å². The molecule has 0 aliphatic heterocycles. The molecule has 0 saturated heterocycles. The molecule has 0 heterocycles. The van der Waals surface area contributed by atoms with Crippen LogP contribution in [0.3, 0.4) is 0 Å². The summed E-state index contributed by atoms with van der Waals surface area (Å²) < 4.78 is 10.1. The van der Waals surface area contributed by atoms with Crippen LogP contribution in [0.1, 0.15) is 36.7 Å². The van der Waals surface area contributed by atoms with Gasteiger partial charge in [-0.25, -0.2) is 4.79 Å². The molecule has 0 aromatic heterocycles. The van der Waals surface area contributed by atoms with Gasteiger partial charge in [-0.15, -0.1) is 0 Å². The van der Waals surface area contributed by atoms with Gasteiger partial charge in [0.2, 0.25) is 0 Å². The molecule has 0 spiro atoms. The van der Waals surface area contributed by atoms with Crippen LogP contribution in [0.25, 0.3) is 0 Å². The summed E-state index contributed by atoms with van der Waals surface area (Å²) in [6.45, 7) is 7.29. The molecule has 6 heteroatoms. The number of nitrogens with one attached hydrogen (secondary N) is 1. The van der Waals surface area contributed by atoms with Crippen LogP contribution < -0.4 is 5.32 Å². The van der Waals surface area contributed by atoms with Gasteiger partial charge in [0, 0.05) is 12.1 Å². The van der Waals surface area contributed by atoms with E-state index < -0.39 is 5.97 Å². The first kappa shape index (κ1) is 19.1. The van der Waals surface area contributed by atoms with Crippen LogP contribution in [0.15, 0.2) is 24.3 Å². The van der Waals surface area contributed by atoms with Crippen molar-refractivity contribution in [1.82, 2.24) is 5.32 Å². The van der Waals surface area contributed by atoms with Crippen LogP contribution in [0.4, 0.5) is 0 Å². The van der Waals surface area contributed by atoms with E-state index in [1.165, 1.54) is 5.56 Å². The molecule has 23 heavy (non-hydrogen) atoms. The molecule has 0 radical (unpaired) electrons. The van der Waals surface area contributed by atoms with Gasteiger partial charge in [-0.3, -0.25) is 4.79 Å². The van der Waals surface area contributed by atoms with Crippen LogP contribution in [0, 0.1) is 0 Å². The lowest BCUT2D eigenvalue weighted by molar-refractivity contribution is -0.142. The molecule has 1 aromatic carbocycles. The lowest BCUT2D eigenvalue weighted by atomic mass is 9.87. The van der Waals surface area contributed by atoms with E-state index in [1.807, 2.05) is 24.3 Å². The monoisotopic (exact) mass is 323 g/mol. The predicted octanol–water partition coefficient (Wildman–Crippen LogP) is 1.83. The molecule has 0 unspecified atom stereocenters. The largest absolute Gasteiger partial charge is 0.480 e. The van der Waals surface area contributed by atoms with Crippen molar-refractivity contribution >= 4 is 11.9 Å². The molecular weight excluding hydrogens is 298 g/mol. The SMILES string of the molecule is CC(C)(C)c1ccc(C(=O)NCCOCCOCC(=O)O)cc1. The summed E-state index contributed by atoms with van der Waals surface area (Å²) in [5.74, 6) is -1.15. The number of carboxylic acids is 1. The second-order valence-corrected chi connectivity index (χ2v) is 6.14. The normalized spacial score (nSPS) is 11.3. The number of amides is 1. The molecule has 0 aliphatic carbocycles. The molecule has 6 nitrogen and oxygen atoms in total. The number of carboxylic acid groups (broad SMARTS) is 1. The molecule has 128 valence electrons. The molecule has 0 fully saturated rings. The first-order valence-corrected chi connectivity index (χ1v) is 7.57. The Hall–Kier alpha value is -1.92. The number of carbonyl (C=O) groups is 2. The maximum atomic E-state index is 12.0. The van der Waals surface area contributed by atoms with Gasteiger partial charge in [0.05, 0.1) is 19.8 Å². The van der Waals surface area contributed by atoms with Crippen LogP contribution in [0.5, 0.6) is 0 Å². The average Bonchev–Trinajstić information content (AvgIpc) is 2.48. The summed E-state index contributed by atoms with van der Waals surface area (Å²) in [5.41, 5.74) is 1.85. The van der Waals surface area contributed by atoms with Gasteiger partial charge in [-0.05, 0) is 23.1 Å². The summed E-state index contributed by atoms with van der Waals surface area (Å²) in [6.07, 6.45) is 0. The molecule has 1 aromatic rings. The third kappa shape index (κ3) is 7.76. The van der Waals surface area contributed by atoms with Crippen LogP contribution in [-0.4, -0.2) is 50.0 Å². The fourth-order valence-electron chi connectivity index (χ4n) is 1.84. The van der Waals surface area contributed by atoms with Crippen molar-refractivity contribution < 1.29 is 24.2 Å². The van der Waals surface area contributed by atoms with Crippen molar-refractivity contribution in [1.29, 1.82) is 0 Å². The van der Waals surface area contributed by atoms with Gasteiger partial charge < -0.3 is 19.9 Å². The van der Waals surface area contributed by atoms with Gasteiger partial charge >= 0.3 is 5.97 Å². The highest BCUT2D eigenvalue weighted by Crippen LogP contribution is 2.22. The number of rotatable bonds is 9. The van der Waals surface area contributed by atoms with E-state index in [1.54, 1.807) is 0 Å². The topological polar surface area (TPSA) is 84.9 Å². The standard InChI is InChI=1S/C17H25NO5/c1-17(2,3)14-6-4-13(5-7-14)16(21)18-8-9-22-10-11-23-12-15(19)20/h4-7H,8-12H2,1-3H3,(H,18,21)(H,19,20). The van der Waals surface area contributed by atoms with Gasteiger partial charge in [0.25, 0.3) is 5.91 Å².